The molecule has 22 heavy (non-hydrogen) atoms. The lowest BCUT2D eigenvalue weighted by atomic mass is 10.1. The summed E-state index contributed by atoms with van der Waals surface area (Å²) in [5, 5.41) is 8.14. The van der Waals surface area contributed by atoms with E-state index < -0.39 is 11.2 Å². The lowest BCUT2D eigenvalue weighted by Crippen LogP contribution is -2.14. The maximum Gasteiger partial charge on any atom is 0.445 e. The lowest BCUT2D eigenvalue weighted by molar-refractivity contribution is -0.138. The molecule has 1 aromatic heterocycles. The van der Waals surface area contributed by atoms with Crippen molar-refractivity contribution in [2.45, 2.75) is 18.5 Å². The Hall–Kier alpha value is -1.67. The summed E-state index contributed by atoms with van der Waals surface area (Å²) in [5.41, 5.74) is 0.984. The number of rotatable bonds is 3. The van der Waals surface area contributed by atoms with E-state index in [1.807, 2.05) is 12.1 Å². The zero-order valence-corrected chi connectivity index (χ0v) is 12.5. The Labute approximate surface area is 132 Å². The lowest BCUT2D eigenvalue weighted by Gasteiger charge is -2.01. The monoisotopic (exact) mass is 347 g/mol. The minimum absolute atomic E-state index is 0.0623. The molecule has 0 saturated heterocycles. The standard InChI is InChI=1S/C13H9ClF3N3OS/c14-7-3-1-6(2-4-7)8-5-9(8)10(21)18-12-20-19-11(22-12)13(15,16)17/h1-4,8-9H,5H2,(H,18,20,21)/t8-,9+/m0/s1. The van der Waals surface area contributed by atoms with Crippen molar-refractivity contribution in [3.8, 4) is 0 Å². The quantitative estimate of drug-likeness (QED) is 0.914. The molecule has 0 aliphatic heterocycles. The smallest absolute Gasteiger partial charge is 0.300 e. The Bertz CT molecular complexity index is 701. The highest BCUT2D eigenvalue weighted by atomic mass is 35.5. The first kappa shape index (κ1) is 15.2. The largest absolute Gasteiger partial charge is 0.445 e. The predicted molar refractivity (Wildman–Crippen MR) is 75.8 cm³/mol. The Kier molecular flexibility index (Phi) is 3.82. The van der Waals surface area contributed by atoms with E-state index >= 15 is 0 Å². The van der Waals surface area contributed by atoms with Crippen LogP contribution in [0.1, 0.15) is 22.9 Å². The SMILES string of the molecule is O=C(Nc1nnc(C(F)(F)F)s1)[C@@H]1C[C@H]1c1ccc(Cl)cc1. The van der Waals surface area contributed by atoms with Crippen molar-refractivity contribution in [3.05, 3.63) is 39.9 Å². The van der Waals surface area contributed by atoms with Crippen LogP contribution in [-0.2, 0) is 11.0 Å². The van der Waals surface area contributed by atoms with Crippen LogP contribution in [0.3, 0.4) is 0 Å². The Morgan fingerprint density at radius 1 is 1.27 bits per heavy atom. The van der Waals surface area contributed by atoms with Crippen LogP contribution in [0.25, 0.3) is 0 Å². The number of nitrogens with one attached hydrogen (secondary N) is 1. The molecular formula is C13H9ClF3N3OS. The molecule has 1 amide bonds. The molecule has 0 spiro atoms. The summed E-state index contributed by atoms with van der Waals surface area (Å²) in [7, 11) is 0. The summed E-state index contributed by atoms with van der Waals surface area (Å²) < 4.78 is 37.2. The number of benzene rings is 1. The van der Waals surface area contributed by atoms with Gasteiger partial charge in [-0.1, -0.05) is 35.1 Å². The van der Waals surface area contributed by atoms with E-state index in [1.165, 1.54) is 0 Å². The highest BCUT2D eigenvalue weighted by molar-refractivity contribution is 7.15. The van der Waals surface area contributed by atoms with Gasteiger partial charge < -0.3 is 5.32 Å². The van der Waals surface area contributed by atoms with E-state index in [2.05, 4.69) is 15.5 Å². The fraction of sp³-hybridized carbons (Fsp3) is 0.308. The van der Waals surface area contributed by atoms with Gasteiger partial charge in [0.2, 0.25) is 16.0 Å². The fourth-order valence-corrected chi connectivity index (χ4v) is 2.89. The molecule has 2 atom stereocenters. The zero-order valence-electron chi connectivity index (χ0n) is 10.9. The van der Waals surface area contributed by atoms with Crippen molar-refractivity contribution in [1.29, 1.82) is 0 Å². The van der Waals surface area contributed by atoms with Gasteiger partial charge in [-0.15, -0.1) is 10.2 Å². The molecule has 1 aromatic carbocycles. The number of anilines is 1. The van der Waals surface area contributed by atoms with Gasteiger partial charge in [-0.25, -0.2) is 0 Å². The molecule has 2 aromatic rings. The maximum atomic E-state index is 12.4. The van der Waals surface area contributed by atoms with E-state index in [-0.39, 0.29) is 22.9 Å². The van der Waals surface area contributed by atoms with E-state index in [0.29, 0.717) is 22.8 Å². The van der Waals surface area contributed by atoms with Crippen molar-refractivity contribution < 1.29 is 18.0 Å². The molecule has 1 aliphatic rings. The normalized spacial score (nSPS) is 20.7. The van der Waals surface area contributed by atoms with Crippen LogP contribution in [0.15, 0.2) is 24.3 Å². The third kappa shape index (κ3) is 3.22. The van der Waals surface area contributed by atoms with Crippen molar-refractivity contribution >= 4 is 34.0 Å². The van der Waals surface area contributed by atoms with Crippen LogP contribution >= 0.6 is 22.9 Å². The van der Waals surface area contributed by atoms with Crippen molar-refractivity contribution in [2.75, 3.05) is 5.32 Å². The molecule has 1 aliphatic carbocycles. The van der Waals surface area contributed by atoms with E-state index in [4.69, 9.17) is 11.6 Å². The molecule has 1 heterocycles. The third-order valence-corrected chi connectivity index (χ3v) is 4.46. The van der Waals surface area contributed by atoms with Gasteiger partial charge in [0.1, 0.15) is 0 Å². The first-order valence-electron chi connectivity index (χ1n) is 6.31. The van der Waals surface area contributed by atoms with Crippen LogP contribution in [0.2, 0.25) is 5.02 Å². The summed E-state index contributed by atoms with van der Waals surface area (Å²) >= 11 is 6.11. The number of halogens is 4. The molecule has 1 saturated carbocycles. The highest BCUT2D eigenvalue weighted by Gasteiger charge is 2.44. The van der Waals surface area contributed by atoms with Crippen LogP contribution in [0.5, 0.6) is 0 Å². The summed E-state index contributed by atoms with van der Waals surface area (Å²) in [6, 6.07) is 7.16. The van der Waals surface area contributed by atoms with E-state index in [0.717, 1.165) is 5.56 Å². The summed E-state index contributed by atoms with van der Waals surface area (Å²) in [6.07, 6.45) is -3.90. The van der Waals surface area contributed by atoms with Crippen LogP contribution in [0, 0.1) is 5.92 Å². The Morgan fingerprint density at radius 2 is 1.95 bits per heavy atom. The van der Waals surface area contributed by atoms with Crippen molar-refractivity contribution in [3.63, 3.8) is 0 Å². The van der Waals surface area contributed by atoms with Crippen LogP contribution in [0.4, 0.5) is 18.3 Å². The second-order valence-electron chi connectivity index (χ2n) is 4.90. The number of hydrogen-bond donors (Lipinski definition) is 1. The van der Waals surface area contributed by atoms with Gasteiger partial charge in [0.25, 0.3) is 0 Å². The third-order valence-electron chi connectivity index (χ3n) is 3.32. The second kappa shape index (κ2) is 5.51. The average molecular weight is 348 g/mol. The number of carbonyl (C=O) groups is 1. The van der Waals surface area contributed by atoms with Crippen LogP contribution < -0.4 is 5.32 Å². The van der Waals surface area contributed by atoms with Gasteiger partial charge >= 0.3 is 6.18 Å². The van der Waals surface area contributed by atoms with Gasteiger partial charge in [0.15, 0.2) is 0 Å². The van der Waals surface area contributed by atoms with Gasteiger partial charge in [0.05, 0.1) is 0 Å². The summed E-state index contributed by atoms with van der Waals surface area (Å²) in [4.78, 5) is 12.0. The minimum atomic E-state index is -4.55. The molecule has 3 rings (SSSR count). The number of carbonyl (C=O) groups excluding carboxylic acids is 1. The highest BCUT2D eigenvalue weighted by Crippen LogP contribution is 2.48. The first-order chi connectivity index (χ1) is 10.3. The predicted octanol–water partition coefficient (Wildman–Crippen LogP) is 3.95. The van der Waals surface area contributed by atoms with Gasteiger partial charge in [-0.05, 0) is 30.0 Å². The van der Waals surface area contributed by atoms with Gasteiger partial charge in [-0.2, -0.15) is 13.2 Å². The molecule has 4 nitrogen and oxygen atoms in total. The van der Waals surface area contributed by atoms with E-state index in [1.54, 1.807) is 12.1 Å². The average Bonchev–Trinajstić information content (AvgIpc) is 3.10. The molecule has 0 bridgehead atoms. The molecule has 116 valence electrons. The van der Waals surface area contributed by atoms with Crippen molar-refractivity contribution in [1.82, 2.24) is 10.2 Å². The molecule has 0 unspecified atom stereocenters. The van der Waals surface area contributed by atoms with Gasteiger partial charge in [-0.3, -0.25) is 4.79 Å². The number of aromatic nitrogens is 2. The number of nitrogens with zero attached hydrogens (tertiary/aromatic N) is 2. The zero-order chi connectivity index (χ0) is 15.9. The number of amides is 1. The number of hydrogen-bond acceptors (Lipinski definition) is 4. The molecular weight excluding hydrogens is 339 g/mol. The Balaban J connectivity index is 1.62. The molecule has 1 N–H and O–H groups in total. The van der Waals surface area contributed by atoms with Gasteiger partial charge in [0, 0.05) is 10.9 Å². The summed E-state index contributed by atoms with van der Waals surface area (Å²) in [5.74, 6) is -0.545. The Morgan fingerprint density at radius 3 is 2.55 bits per heavy atom. The maximum absolute atomic E-state index is 12.4. The van der Waals surface area contributed by atoms with Crippen LogP contribution in [-0.4, -0.2) is 16.1 Å². The topological polar surface area (TPSA) is 54.9 Å². The second-order valence-corrected chi connectivity index (χ2v) is 6.31. The first-order valence-corrected chi connectivity index (χ1v) is 7.51. The van der Waals surface area contributed by atoms with Crippen molar-refractivity contribution in [2.24, 2.45) is 5.92 Å². The molecule has 0 radical (unpaired) electrons. The number of alkyl halides is 3. The fourth-order valence-electron chi connectivity index (χ4n) is 2.15. The summed E-state index contributed by atoms with van der Waals surface area (Å²) in [6.45, 7) is 0. The van der Waals surface area contributed by atoms with E-state index in [9.17, 15) is 18.0 Å². The minimum Gasteiger partial charge on any atom is -0.300 e. The molecule has 1 fully saturated rings. The molecule has 9 heteroatoms.